The zero-order valence-electron chi connectivity index (χ0n) is 12.2. The van der Waals surface area contributed by atoms with Gasteiger partial charge in [0.1, 0.15) is 0 Å². The molecule has 0 aromatic heterocycles. The molecule has 0 bridgehead atoms. The van der Waals surface area contributed by atoms with Gasteiger partial charge in [-0.25, -0.2) is 0 Å². The van der Waals surface area contributed by atoms with Crippen LogP contribution < -0.4 is 10.6 Å². The molecule has 2 aromatic rings. The van der Waals surface area contributed by atoms with Gasteiger partial charge in [-0.15, -0.1) is 0 Å². The summed E-state index contributed by atoms with van der Waals surface area (Å²) in [4.78, 5) is 12.0. The lowest BCUT2D eigenvalue weighted by atomic mass is 10.1. The third kappa shape index (κ3) is 5.00. The molecule has 0 heterocycles. The number of benzene rings is 2. The summed E-state index contributed by atoms with van der Waals surface area (Å²) in [5.74, 6) is -0.253. The van der Waals surface area contributed by atoms with Gasteiger partial charge in [0.15, 0.2) is 0 Å². The van der Waals surface area contributed by atoms with E-state index in [1.54, 1.807) is 30.3 Å². The quantitative estimate of drug-likeness (QED) is 0.697. The monoisotopic (exact) mass is 390 g/mol. The summed E-state index contributed by atoms with van der Waals surface area (Å²) in [5.41, 5.74) is 1.26. The van der Waals surface area contributed by atoms with Crippen LogP contribution in [0.2, 0.25) is 20.1 Å². The maximum Gasteiger partial charge on any atom is 0.238 e. The Labute approximate surface area is 154 Å². The average molecular weight is 392 g/mol. The Morgan fingerprint density at radius 2 is 1.70 bits per heavy atom. The summed E-state index contributed by atoms with van der Waals surface area (Å²) in [7, 11) is 0. The number of amides is 1. The fourth-order valence-corrected chi connectivity index (χ4v) is 3.07. The predicted molar refractivity (Wildman–Crippen MR) is 98.0 cm³/mol. The summed E-state index contributed by atoms with van der Waals surface area (Å²) >= 11 is 24.1. The van der Waals surface area contributed by atoms with E-state index in [4.69, 9.17) is 46.4 Å². The number of anilines is 1. The van der Waals surface area contributed by atoms with E-state index in [-0.39, 0.29) is 18.5 Å². The van der Waals surface area contributed by atoms with Crippen molar-refractivity contribution in [2.24, 2.45) is 0 Å². The van der Waals surface area contributed by atoms with Gasteiger partial charge < -0.3 is 10.6 Å². The molecule has 122 valence electrons. The van der Waals surface area contributed by atoms with Gasteiger partial charge in [-0.05, 0) is 36.8 Å². The Morgan fingerprint density at radius 1 is 1.04 bits per heavy atom. The minimum atomic E-state index is -0.253. The first kappa shape index (κ1) is 18.4. The standard InChI is InChI=1S/C16H14Cl4N2O/c1-9(11-6-5-10(17)7-14(11)20)21-8-15(23)22-16-12(18)3-2-4-13(16)19/h2-7,9,21H,8H2,1H3,(H,22,23)/t9-/m1/s1. The summed E-state index contributed by atoms with van der Waals surface area (Å²) in [6, 6.07) is 10.2. The SMILES string of the molecule is C[C@@H](NCC(=O)Nc1c(Cl)cccc1Cl)c1ccc(Cl)cc1Cl. The first-order chi connectivity index (χ1) is 10.9. The highest BCUT2D eigenvalue weighted by atomic mass is 35.5. The Balaban J connectivity index is 1.96. The first-order valence-corrected chi connectivity index (χ1v) is 8.32. The average Bonchev–Trinajstić information content (AvgIpc) is 2.49. The molecular weight excluding hydrogens is 378 g/mol. The van der Waals surface area contributed by atoms with Crippen molar-refractivity contribution in [3.05, 3.63) is 62.1 Å². The van der Waals surface area contributed by atoms with Crippen LogP contribution in [0.1, 0.15) is 18.5 Å². The summed E-state index contributed by atoms with van der Waals surface area (Å²) in [6.45, 7) is 1.99. The van der Waals surface area contributed by atoms with Gasteiger partial charge in [-0.1, -0.05) is 58.5 Å². The lowest BCUT2D eigenvalue weighted by Gasteiger charge is -2.16. The number of nitrogens with one attached hydrogen (secondary N) is 2. The van der Waals surface area contributed by atoms with Gasteiger partial charge in [0.05, 0.1) is 22.3 Å². The molecule has 0 spiro atoms. The molecule has 0 saturated carbocycles. The maximum absolute atomic E-state index is 12.0. The van der Waals surface area contributed by atoms with Crippen LogP contribution in [-0.2, 0) is 4.79 Å². The molecule has 2 rings (SSSR count). The highest BCUT2D eigenvalue weighted by Crippen LogP contribution is 2.30. The van der Waals surface area contributed by atoms with Crippen molar-refractivity contribution in [3.63, 3.8) is 0 Å². The smallest absolute Gasteiger partial charge is 0.238 e. The van der Waals surface area contributed by atoms with E-state index in [2.05, 4.69) is 10.6 Å². The van der Waals surface area contributed by atoms with E-state index in [9.17, 15) is 4.79 Å². The Bertz CT molecular complexity index is 701. The molecular formula is C16H14Cl4N2O. The molecule has 23 heavy (non-hydrogen) atoms. The number of rotatable bonds is 5. The number of para-hydroxylation sites is 1. The molecule has 0 aliphatic rings. The van der Waals surface area contributed by atoms with Gasteiger partial charge in [0.2, 0.25) is 5.91 Å². The van der Waals surface area contributed by atoms with E-state index in [1.165, 1.54) is 0 Å². The highest BCUT2D eigenvalue weighted by molar-refractivity contribution is 6.39. The lowest BCUT2D eigenvalue weighted by molar-refractivity contribution is -0.115. The van der Waals surface area contributed by atoms with Crippen LogP contribution in [0, 0.1) is 0 Å². The summed E-state index contributed by atoms with van der Waals surface area (Å²) in [6.07, 6.45) is 0. The van der Waals surface area contributed by atoms with E-state index < -0.39 is 0 Å². The van der Waals surface area contributed by atoms with Crippen molar-refractivity contribution in [1.29, 1.82) is 0 Å². The Morgan fingerprint density at radius 3 is 2.30 bits per heavy atom. The Kier molecular flexibility index (Phi) is 6.57. The Hall–Kier alpha value is -0.970. The molecule has 0 radical (unpaired) electrons. The van der Waals surface area contributed by atoms with Crippen molar-refractivity contribution < 1.29 is 4.79 Å². The van der Waals surface area contributed by atoms with E-state index >= 15 is 0 Å². The maximum atomic E-state index is 12.0. The van der Waals surface area contributed by atoms with Crippen LogP contribution in [0.5, 0.6) is 0 Å². The zero-order valence-corrected chi connectivity index (χ0v) is 15.2. The lowest BCUT2D eigenvalue weighted by Crippen LogP contribution is -2.30. The third-order valence-corrected chi connectivity index (χ3v) is 4.42. The van der Waals surface area contributed by atoms with E-state index in [0.29, 0.717) is 25.8 Å². The second kappa shape index (κ2) is 8.22. The van der Waals surface area contributed by atoms with Crippen LogP contribution in [0.15, 0.2) is 36.4 Å². The van der Waals surface area contributed by atoms with E-state index in [1.807, 2.05) is 13.0 Å². The van der Waals surface area contributed by atoms with Crippen LogP contribution >= 0.6 is 46.4 Å². The fourth-order valence-electron chi connectivity index (χ4n) is 2.01. The number of carbonyl (C=O) groups is 1. The predicted octanol–water partition coefficient (Wildman–Crippen LogP) is 5.59. The zero-order chi connectivity index (χ0) is 17.0. The molecule has 7 heteroatoms. The van der Waals surface area contributed by atoms with Gasteiger partial charge in [-0.2, -0.15) is 0 Å². The topological polar surface area (TPSA) is 41.1 Å². The molecule has 0 unspecified atom stereocenters. The third-order valence-electron chi connectivity index (χ3n) is 3.22. The van der Waals surface area contributed by atoms with Gasteiger partial charge >= 0.3 is 0 Å². The molecule has 0 aliphatic carbocycles. The second-order valence-electron chi connectivity index (χ2n) is 4.91. The van der Waals surface area contributed by atoms with Crippen molar-refractivity contribution in [1.82, 2.24) is 5.32 Å². The highest BCUT2D eigenvalue weighted by Gasteiger charge is 2.13. The van der Waals surface area contributed by atoms with Crippen LogP contribution in [0.25, 0.3) is 0 Å². The molecule has 1 atom stereocenters. The normalized spacial score (nSPS) is 12.0. The largest absolute Gasteiger partial charge is 0.322 e. The summed E-state index contributed by atoms with van der Waals surface area (Å²) < 4.78 is 0. The second-order valence-corrected chi connectivity index (χ2v) is 6.57. The van der Waals surface area contributed by atoms with Crippen molar-refractivity contribution in [2.75, 3.05) is 11.9 Å². The minimum Gasteiger partial charge on any atom is -0.322 e. The fraction of sp³-hybridized carbons (Fsp3) is 0.188. The number of carbonyl (C=O) groups excluding carboxylic acids is 1. The van der Waals surface area contributed by atoms with Crippen LogP contribution in [0.4, 0.5) is 5.69 Å². The number of halogens is 4. The van der Waals surface area contributed by atoms with Crippen molar-refractivity contribution >= 4 is 58.0 Å². The first-order valence-electron chi connectivity index (χ1n) is 6.80. The molecule has 0 fully saturated rings. The molecule has 0 aliphatic heterocycles. The van der Waals surface area contributed by atoms with Gasteiger partial charge in [-0.3, -0.25) is 4.79 Å². The molecule has 1 amide bonds. The molecule has 2 aromatic carbocycles. The van der Waals surface area contributed by atoms with Crippen molar-refractivity contribution in [3.8, 4) is 0 Å². The van der Waals surface area contributed by atoms with Gasteiger partial charge in [0, 0.05) is 16.1 Å². The molecule has 2 N–H and O–H groups in total. The minimum absolute atomic E-state index is 0.0850. The van der Waals surface area contributed by atoms with Crippen LogP contribution in [-0.4, -0.2) is 12.5 Å². The number of hydrogen-bond acceptors (Lipinski definition) is 2. The summed E-state index contributed by atoms with van der Waals surface area (Å²) in [5, 5.41) is 7.67. The van der Waals surface area contributed by atoms with E-state index in [0.717, 1.165) is 5.56 Å². The molecule has 0 saturated heterocycles. The molecule has 3 nitrogen and oxygen atoms in total. The van der Waals surface area contributed by atoms with Crippen molar-refractivity contribution in [2.45, 2.75) is 13.0 Å². The number of hydrogen-bond donors (Lipinski definition) is 2. The van der Waals surface area contributed by atoms with Crippen LogP contribution in [0.3, 0.4) is 0 Å². The van der Waals surface area contributed by atoms with Gasteiger partial charge in [0.25, 0.3) is 0 Å².